The summed E-state index contributed by atoms with van der Waals surface area (Å²) < 4.78 is 5.80. The number of fused-ring (bicyclic) bond motifs is 1. The largest absolute Gasteiger partial charge is 0.492 e. The van der Waals surface area contributed by atoms with Gasteiger partial charge in [0.1, 0.15) is 5.75 Å². The maximum Gasteiger partial charge on any atom is 0.255 e. The molecule has 0 aliphatic carbocycles. The maximum atomic E-state index is 12.9. The molecule has 0 saturated carbocycles. The maximum absolute atomic E-state index is 12.9. The average Bonchev–Trinajstić information content (AvgIpc) is 2.73. The zero-order valence-corrected chi connectivity index (χ0v) is 17.0. The van der Waals surface area contributed by atoms with Crippen LogP contribution in [0.4, 0.5) is 5.69 Å². The Bertz CT molecular complexity index is 938. The van der Waals surface area contributed by atoms with Gasteiger partial charge in [-0.3, -0.25) is 4.79 Å². The van der Waals surface area contributed by atoms with Gasteiger partial charge in [0.2, 0.25) is 0 Å². The minimum absolute atomic E-state index is 0.119. The molecule has 0 saturated heterocycles. The molecule has 1 amide bonds. The zero-order chi connectivity index (χ0) is 19.8. The van der Waals surface area contributed by atoms with Gasteiger partial charge >= 0.3 is 0 Å². The summed E-state index contributed by atoms with van der Waals surface area (Å²) in [6, 6.07) is 19.6. The van der Waals surface area contributed by atoms with Gasteiger partial charge in [0, 0.05) is 22.4 Å². The Hall–Kier alpha value is -2.50. The lowest BCUT2D eigenvalue weighted by Gasteiger charge is -2.14. The Kier molecular flexibility index (Phi) is 7.34. The molecule has 0 unspecified atom stereocenters. The van der Waals surface area contributed by atoms with Crippen molar-refractivity contribution in [3.8, 4) is 5.75 Å². The summed E-state index contributed by atoms with van der Waals surface area (Å²) in [5, 5.41) is 8.34. The first-order valence-corrected chi connectivity index (χ1v) is 10.2. The highest BCUT2D eigenvalue weighted by atomic mass is 32.1. The lowest BCUT2D eigenvalue weighted by atomic mass is 10.0. The van der Waals surface area contributed by atoms with Crippen molar-refractivity contribution >= 4 is 35.0 Å². The molecule has 0 aliphatic heterocycles. The normalized spacial score (nSPS) is 10.8. The molecule has 0 fully saturated rings. The van der Waals surface area contributed by atoms with E-state index in [9.17, 15) is 4.79 Å². The number of hydrogen-bond donors (Lipinski definition) is 3. The number of benzene rings is 3. The summed E-state index contributed by atoms with van der Waals surface area (Å²) in [6.07, 6.45) is 1.82. The molecule has 0 bridgehead atoms. The van der Waals surface area contributed by atoms with Crippen LogP contribution < -0.4 is 15.4 Å². The Morgan fingerprint density at radius 1 is 1.07 bits per heavy atom. The van der Waals surface area contributed by atoms with E-state index in [0.717, 1.165) is 47.2 Å². The molecule has 0 atom stereocenters. The van der Waals surface area contributed by atoms with Gasteiger partial charge in [-0.2, -0.15) is 12.6 Å². The molecule has 0 heterocycles. The SMILES string of the molecule is CNCCCc1cc(C(=O)Nc2cccc3ccccc23)ccc1OCCS. The molecule has 0 aliphatic rings. The van der Waals surface area contributed by atoms with Gasteiger partial charge in [-0.1, -0.05) is 36.4 Å². The number of rotatable bonds is 9. The van der Waals surface area contributed by atoms with E-state index in [1.54, 1.807) is 0 Å². The van der Waals surface area contributed by atoms with Gasteiger partial charge in [-0.15, -0.1) is 0 Å². The zero-order valence-electron chi connectivity index (χ0n) is 16.1. The molecule has 3 aromatic carbocycles. The molecule has 2 N–H and O–H groups in total. The van der Waals surface area contributed by atoms with Crippen LogP contribution in [0.15, 0.2) is 60.7 Å². The first kappa shape index (κ1) is 20.2. The minimum atomic E-state index is -0.119. The van der Waals surface area contributed by atoms with Gasteiger partial charge in [-0.25, -0.2) is 0 Å². The smallest absolute Gasteiger partial charge is 0.255 e. The highest BCUT2D eigenvalue weighted by Gasteiger charge is 2.12. The second-order valence-corrected chi connectivity index (χ2v) is 7.03. The van der Waals surface area contributed by atoms with Crippen molar-refractivity contribution < 1.29 is 9.53 Å². The van der Waals surface area contributed by atoms with Crippen LogP contribution in [0.5, 0.6) is 5.75 Å². The van der Waals surface area contributed by atoms with Crippen molar-refractivity contribution in [1.82, 2.24) is 5.32 Å². The van der Waals surface area contributed by atoms with Crippen LogP contribution in [-0.2, 0) is 6.42 Å². The van der Waals surface area contributed by atoms with Crippen LogP contribution >= 0.6 is 12.6 Å². The number of ether oxygens (including phenoxy) is 1. The Balaban J connectivity index is 1.82. The second kappa shape index (κ2) is 10.2. The summed E-state index contributed by atoms with van der Waals surface area (Å²) in [7, 11) is 1.94. The van der Waals surface area contributed by atoms with Crippen LogP contribution in [0, 0.1) is 0 Å². The molecule has 3 rings (SSSR count). The summed E-state index contributed by atoms with van der Waals surface area (Å²) in [5.41, 5.74) is 2.49. The van der Waals surface area contributed by atoms with E-state index in [0.29, 0.717) is 17.9 Å². The molecule has 5 heteroatoms. The van der Waals surface area contributed by atoms with Gasteiger partial charge < -0.3 is 15.4 Å². The van der Waals surface area contributed by atoms with Gasteiger partial charge in [0.05, 0.1) is 6.61 Å². The van der Waals surface area contributed by atoms with E-state index < -0.39 is 0 Å². The van der Waals surface area contributed by atoms with Gasteiger partial charge in [0.25, 0.3) is 5.91 Å². The molecule has 0 spiro atoms. The highest BCUT2D eigenvalue weighted by Crippen LogP contribution is 2.25. The molecule has 0 aromatic heterocycles. The molecule has 28 heavy (non-hydrogen) atoms. The molecular weight excluding hydrogens is 368 g/mol. The Labute approximate surface area is 171 Å². The van der Waals surface area contributed by atoms with Crippen LogP contribution in [0.2, 0.25) is 0 Å². The fourth-order valence-corrected chi connectivity index (χ4v) is 3.29. The molecular formula is C23H26N2O2S. The average molecular weight is 395 g/mol. The standard InChI is InChI=1S/C23H26N2O2S/c1-24-13-5-8-18-16-19(11-12-22(18)27-14-15-28)23(26)25-21-10-4-7-17-6-2-3-9-20(17)21/h2-4,6-7,9-12,16,24,28H,5,8,13-15H2,1H3,(H,25,26). The van der Waals surface area contributed by atoms with E-state index in [4.69, 9.17) is 4.74 Å². The van der Waals surface area contributed by atoms with Crippen LogP contribution in [0.1, 0.15) is 22.3 Å². The summed E-state index contributed by atoms with van der Waals surface area (Å²) in [4.78, 5) is 12.9. The lowest BCUT2D eigenvalue weighted by Crippen LogP contribution is -2.14. The second-order valence-electron chi connectivity index (χ2n) is 6.58. The number of anilines is 1. The van der Waals surface area contributed by atoms with Crippen LogP contribution in [-0.4, -0.2) is 31.9 Å². The van der Waals surface area contributed by atoms with Crippen molar-refractivity contribution in [3.63, 3.8) is 0 Å². The number of amides is 1. The molecule has 3 aromatic rings. The number of hydrogen-bond acceptors (Lipinski definition) is 4. The monoisotopic (exact) mass is 394 g/mol. The third-order valence-electron chi connectivity index (χ3n) is 4.58. The van der Waals surface area contributed by atoms with Crippen LogP contribution in [0.25, 0.3) is 10.8 Å². The molecule has 146 valence electrons. The third-order valence-corrected chi connectivity index (χ3v) is 4.76. The molecule has 4 nitrogen and oxygen atoms in total. The number of thiol groups is 1. The van der Waals surface area contributed by atoms with Crippen molar-refractivity contribution in [2.45, 2.75) is 12.8 Å². The van der Waals surface area contributed by atoms with Crippen molar-refractivity contribution in [1.29, 1.82) is 0 Å². The van der Waals surface area contributed by atoms with E-state index in [1.807, 2.05) is 67.7 Å². The summed E-state index contributed by atoms with van der Waals surface area (Å²) >= 11 is 4.21. The topological polar surface area (TPSA) is 50.4 Å². The summed E-state index contributed by atoms with van der Waals surface area (Å²) in [6.45, 7) is 1.46. The van der Waals surface area contributed by atoms with E-state index in [-0.39, 0.29) is 5.91 Å². The fourth-order valence-electron chi connectivity index (χ4n) is 3.20. The Morgan fingerprint density at radius 2 is 1.89 bits per heavy atom. The Morgan fingerprint density at radius 3 is 2.71 bits per heavy atom. The summed E-state index contributed by atoms with van der Waals surface area (Å²) in [5.74, 6) is 1.36. The van der Waals surface area contributed by atoms with E-state index >= 15 is 0 Å². The fraction of sp³-hybridized carbons (Fsp3) is 0.261. The highest BCUT2D eigenvalue weighted by molar-refractivity contribution is 7.80. The third kappa shape index (κ3) is 5.06. The van der Waals surface area contributed by atoms with Crippen molar-refractivity contribution in [2.24, 2.45) is 0 Å². The molecule has 0 radical (unpaired) electrons. The first-order valence-electron chi connectivity index (χ1n) is 9.53. The number of nitrogens with one attached hydrogen (secondary N) is 2. The van der Waals surface area contributed by atoms with Gasteiger partial charge in [-0.05, 0) is 61.6 Å². The predicted octanol–water partition coefficient (Wildman–Crippen LogP) is 4.55. The lowest BCUT2D eigenvalue weighted by molar-refractivity contribution is 0.102. The van der Waals surface area contributed by atoms with Crippen molar-refractivity contribution in [3.05, 3.63) is 71.8 Å². The first-order chi connectivity index (χ1) is 13.7. The number of carbonyl (C=O) groups excluding carboxylic acids is 1. The number of aryl methyl sites for hydroxylation is 1. The van der Waals surface area contributed by atoms with E-state index in [1.165, 1.54) is 0 Å². The quantitative estimate of drug-likeness (QED) is 0.369. The number of carbonyl (C=O) groups is 1. The predicted molar refractivity (Wildman–Crippen MR) is 120 cm³/mol. The van der Waals surface area contributed by atoms with Crippen LogP contribution in [0.3, 0.4) is 0 Å². The van der Waals surface area contributed by atoms with E-state index in [2.05, 4.69) is 23.3 Å². The van der Waals surface area contributed by atoms with Crippen molar-refractivity contribution in [2.75, 3.05) is 31.3 Å². The van der Waals surface area contributed by atoms with Gasteiger partial charge in [0.15, 0.2) is 0 Å². The minimum Gasteiger partial charge on any atom is -0.492 e.